The lowest BCUT2D eigenvalue weighted by Crippen LogP contribution is -2.18. The predicted molar refractivity (Wildman–Crippen MR) is 95.2 cm³/mol. The Labute approximate surface area is 148 Å². The summed E-state index contributed by atoms with van der Waals surface area (Å²) in [6, 6.07) is 12.4. The van der Waals surface area contributed by atoms with E-state index in [4.69, 9.17) is 4.42 Å². The lowest BCUT2D eigenvalue weighted by atomic mass is 10.0. The van der Waals surface area contributed by atoms with Crippen molar-refractivity contribution < 1.29 is 13.6 Å². The third-order valence-electron chi connectivity index (χ3n) is 4.79. The number of fused-ring (bicyclic) bond motifs is 4. The van der Waals surface area contributed by atoms with E-state index in [1.165, 1.54) is 12.3 Å². The number of hydrogen-bond donors (Lipinski definition) is 1. The molecular formula is C20H14FN3O2. The van der Waals surface area contributed by atoms with Crippen molar-refractivity contribution in [3.63, 3.8) is 0 Å². The first-order chi connectivity index (χ1) is 12.7. The molecule has 0 aliphatic carbocycles. The second-order valence-corrected chi connectivity index (χ2v) is 6.33. The molecule has 5 rings (SSSR count). The topological polar surface area (TPSA) is 60.1 Å². The van der Waals surface area contributed by atoms with E-state index in [-0.39, 0.29) is 24.1 Å². The number of aromatic nitrogens is 2. The highest BCUT2D eigenvalue weighted by Gasteiger charge is 2.29. The molecule has 0 bridgehead atoms. The van der Waals surface area contributed by atoms with Crippen molar-refractivity contribution in [3.8, 4) is 11.3 Å². The van der Waals surface area contributed by atoms with Crippen molar-refractivity contribution in [3.05, 3.63) is 72.6 Å². The summed E-state index contributed by atoms with van der Waals surface area (Å²) in [7, 11) is 0. The van der Waals surface area contributed by atoms with Crippen LogP contribution in [0.15, 0.2) is 65.7 Å². The molecule has 3 heterocycles. The second-order valence-electron chi connectivity index (χ2n) is 6.33. The van der Waals surface area contributed by atoms with Gasteiger partial charge in [0.05, 0.1) is 42.6 Å². The van der Waals surface area contributed by atoms with Crippen molar-refractivity contribution in [2.45, 2.75) is 12.5 Å². The Morgan fingerprint density at radius 2 is 2.15 bits per heavy atom. The number of benzene rings is 2. The lowest BCUT2D eigenvalue weighted by molar-refractivity contribution is -0.116. The molecule has 26 heavy (non-hydrogen) atoms. The third-order valence-corrected chi connectivity index (χ3v) is 4.79. The summed E-state index contributed by atoms with van der Waals surface area (Å²) in [5.41, 5.74) is 3.75. The molecule has 6 heteroatoms. The molecule has 1 N–H and O–H groups in total. The Bertz CT molecular complexity index is 1140. The van der Waals surface area contributed by atoms with Gasteiger partial charge in [-0.15, -0.1) is 0 Å². The van der Waals surface area contributed by atoms with Gasteiger partial charge in [-0.25, -0.2) is 9.37 Å². The Hall–Kier alpha value is -3.41. The van der Waals surface area contributed by atoms with Gasteiger partial charge in [0.1, 0.15) is 11.4 Å². The zero-order valence-electron chi connectivity index (χ0n) is 13.6. The molecule has 0 spiro atoms. The van der Waals surface area contributed by atoms with Crippen molar-refractivity contribution in [2.75, 3.05) is 5.32 Å². The number of nitrogens with zero attached hydrogens (tertiary/aromatic N) is 2. The van der Waals surface area contributed by atoms with E-state index >= 15 is 0 Å². The number of nitrogens with one attached hydrogen (secondary N) is 1. The minimum absolute atomic E-state index is 0.149. The van der Waals surface area contributed by atoms with Gasteiger partial charge in [0.25, 0.3) is 0 Å². The van der Waals surface area contributed by atoms with E-state index in [9.17, 15) is 9.18 Å². The summed E-state index contributed by atoms with van der Waals surface area (Å²) in [5, 5.41) is 3.42. The molecule has 2 aromatic heterocycles. The summed E-state index contributed by atoms with van der Waals surface area (Å²) in [6.07, 6.45) is 5.21. The first-order valence-corrected chi connectivity index (χ1v) is 8.28. The number of carbonyl (C=O) groups is 1. The first-order valence-electron chi connectivity index (χ1n) is 8.28. The van der Waals surface area contributed by atoms with Crippen LogP contribution in [0.25, 0.3) is 22.2 Å². The number of anilines is 1. The highest BCUT2D eigenvalue weighted by molar-refractivity contribution is 5.94. The standard InChI is InChI=1S/C20H14FN3O2/c21-15-8-19-12(5-6-26-19)7-16(15)23-20(25)9-17-13-3-1-2-4-14(13)18-10-22-11-24(17)18/h1-8,10-11,17H,9H2,(H,23,25). The molecule has 1 aliphatic heterocycles. The van der Waals surface area contributed by atoms with Crippen LogP contribution >= 0.6 is 0 Å². The molecule has 0 saturated heterocycles. The van der Waals surface area contributed by atoms with Crippen LogP contribution < -0.4 is 5.32 Å². The Kier molecular flexibility index (Phi) is 3.18. The van der Waals surface area contributed by atoms with Crippen LogP contribution in [0.2, 0.25) is 0 Å². The van der Waals surface area contributed by atoms with Crippen LogP contribution in [-0.2, 0) is 4.79 Å². The summed E-state index contributed by atoms with van der Waals surface area (Å²) < 4.78 is 21.4. The molecule has 2 aromatic carbocycles. The van der Waals surface area contributed by atoms with E-state index in [2.05, 4.69) is 10.3 Å². The smallest absolute Gasteiger partial charge is 0.226 e. The van der Waals surface area contributed by atoms with Gasteiger partial charge in [-0.05, 0) is 17.7 Å². The highest BCUT2D eigenvalue weighted by Crippen LogP contribution is 2.40. The molecular weight excluding hydrogens is 333 g/mol. The number of furan rings is 1. The number of halogens is 1. The van der Waals surface area contributed by atoms with Gasteiger partial charge < -0.3 is 14.3 Å². The van der Waals surface area contributed by atoms with E-state index in [1.54, 1.807) is 24.7 Å². The van der Waals surface area contributed by atoms with Crippen LogP contribution in [0, 0.1) is 5.82 Å². The Morgan fingerprint density at radius 3 is 3.08 bits per heavy atom. The summed E-state index contributed by atoms with van der Waals surface area (Å²) in [4.78, 5) is 16.8. The highest BCUT2D eigenvalue weighted by atomic mass is 19.1. The zero-order valence-corrected chi connectivity index (χ0v) is 13.6. The molecule has 1 atom stereocenters. The molecule has 0 fully saturated rings. The number of amides is 1. The van der Waals surface area contributed by atoms with Gasteiger partial charge in [-0.1, -0.05) is 24.3 Å². The van der Waals surface area contributed by atoms with Gasteiger partial charge in [0.15, 0.2) is 0 Å². The lowest BCUT2D eigenvalue weighted by Gasteiger charge is -2.15. The van der Waals surface area contributed by atoms with E-state index < -0.39 is 5.82 Å². The van der Waals surface area contributed by atoms with Gasteiger partial charge >= 0.3 is 0 Å². The van der Waals surface area contributed by atoms with Crippen molar-refractivity contribution in [1.82, 2.24) is 9.55 Å². The van der Waals surface area contributed by atoms with Crippen LogP contribution in [0.3, 0.4) is 0 Å². The van der Waals surface area contributed by atoms with Crippen LogP contribution in [0.5, 0.6) is 0 Å². The molecule has 5 nitrogen and oxygen atoms in total. The normalized spacial score (nSPS) is 15.0. The number of rotatable bonds is 3. The fourth-order valence-electron chi connectivity index (χ4n) is 3.60. The molecule has 1 amide bonds. The minimum atomic E-state index is -0.518. The third kappa shape index (κ3) is 2.23. The maximum absolute atomic E-state index is 14.2. The van der Waals surface area contributed by atoms with Gasteiger partial charge in [0, 0.05) is 17.0 Å². The summed E-state index contributed by atoms with van der Waals surface area (Å²) >= 11 is 0. The molecule has 128 valence electrons. The van der Waals surface area contributed by atoms with Crippen LogP contribution in [-0.4, -0.2) is 15.5 Å². The largest absolute Gasteiger partial charge is 0.464 e. The quantitative estimate of drug-likeness (QED) is 0.599. The molecule has 0 radical (unpaired) electrons. The van der Waals surface area contributed by atoms with Gasteiger partial charge in [-0.2, -0.15) is 0 Å². The van der Waals surface area contributed by atoms with Gasteiger partial charge in [-0.3, -0.25) is 4.79 Å². The Balaban J connectivity index is 1.43. The second kappa shape index (κ2) is 5.56. The van der Waals surface area contributed by atoms with E-state index in [0.29, 0.717) is 5.58 Å². The minimum Gasteiger partial charge on any atom is -0.464 e. The van der Waals surface area contributed by atoms with Crippen molar-refractivity contribution in [1.29, 1.82) is 0 Å². The summed E-state index contributed by atoms with van der Waals surface area (Å²) in [5.74, 6) is -0.774. The first kappa shape index (κ1) is 14.9. The molecule has 1 aliphatic rings. The molecule has 1 unspecified atom stereocenters. The molecule has 4 aromatic rings. The fourth-order valence-corrected chi connectivity index (χ4v) is 3.60. The predicted octanol–water partition coefficient (Wildman–Crippen LogP) is 4.37. The summed E-state index contributed by atoms with van der Waals surface area (Å²) in [6.45, 7) is 0. The average Bonchev–Trinajstić information content (AvgIpc) is 3.33. The molecule has 0 saturated carbocycles. The number of carbonyl (C=O) groups excluding carboxylic acids is 1. The number of hydrogen-bond acceptors (Lipinski definition) is 3. The van der Waals surface area contributed by atoms with Crippen molar-refractivity contribution in [2.24, 2.45) is 0 Å². The number of imidazole rings is 1. The Morgan fingerprint density at radius 1 is 1.27 bits per heavy atom. The van der Waals surface area contributed by atoms with Gasteiger partial charge in [0.2, 0.25) is 5.91 Å². The van der Waals surface area contributed by atoms with E-state index in [0.717, 1.165) is 22.2 Å². The van der Waals surface area contributed by atoms with Crippen molar-refractivity contribution >= 4 is 22.6 Å². The zero-order chi connectivity index (χ0) is 17.7. The van der Waals surface area contributed by atoms with E-state index in [1.807, 2.05) is 28.8 Å². The maximum Gasteiger partial charge on any atom is 0.226 e. The average molecular weight is 347 g/mol. The maximum atomic E-state index is 14.2. The monoisotopic (exact) mass is 347 g/mol. The fraction of sp³-hybridized carbons (Fsp3) is 0.100. The van der Waals surface area contributed by atoms with Crippen LogP contribution in [0.4, 0.5) is 10.1 Å². The van der Waals surface area contributed by atoms with Crippen LogP contribution in [0.1, 0.15) is 18.0 Å². The SMILES string of the molecule is O=C(CC1c2ccccc2-c2cncn21)Nc1cc2ccoc2cc1F.